The Morgan fingerprint density at radius 2 is 2.36 bits per heavy atom. The Hall–Kier alpha value is -1.09. The second-order valence-corrected chi connectivity index (χ2v) is 4.32. The van der Waals surface area contributed by atoms with Crippen LogP contribution in [0.4, 0.5) is 0 Å². The fraction of sp³-hybridized carbons (Fsp3) is 0.545. The summed E-state index contributed by atoms with van der Waals surface area (Å²) in [5.41, 5.74) is 0.261. The number of rotatable bonds is 2. The third kappa shape index (κ3) is 1.28. The van der Waals surface area contributed by atoms with Gasteiger partial charge in [0.05, 0.1) is 6.20 Å². The summed E-state index contributed by atoms with van der Waals surface area (Å²) in [4.78, 5) is 0. The van der Waals surface area contributed by atoms with Gasteiger partial charge >= 0.3 is 0 Å². The van der Waals surface area contributed by atoms with Crippen LogP contribution in [0.25, 0.3) is 6.08 Å². The zero-order valence-corrected chi connectivity index (χ0v) is 8.07. The molecular formula is C11H14N2O. The molecule has 14 heavy (non-hydrogen) atoms. The Morgan fingerprint density at radius 1 is 1.50 bits per heavy atom. The molecule has 0 aromatic carbocycles. The molecule has 3 heterocycles. The van der Waals surface area contributed by atoms with Crippen molar-refractivity contribution in [3.8, 4) is 0 Å². The molecule has 0 radical (unpaired) electrons. The van der Waals surface area contributed by atoms with Gasteiger partial charge in [0.25, 0.3) is 0 Å². The fourth-order valence-electron chi connectivity index (χ4n) is 2.60. The largest absolute Gasteiger partial charge is 0.357 e. The molecule has 2 bridgehead atoms. The first-order chi connectivity index (χ1) is 6.86. The molecule has 2 saturated heterocycles. The Labute approximate surface area is 83.2 Å². The summed E-state index contributed by atoms with van der Waals surface area (Å²) in [7, 11) is 0. The minimum absolute atomic E-state index is 0.261. The average Bonchev–Trinajstić information content (AvgIpc) is 2.93. The van der Waals surface area contributed by atoms with Crippen molar-refractivity contribution >= 4 is 6.08 Å². The van der Waals surface area contributed by atoms with Gasteiger partial charge < -0.3 is 9.84 Å². The van der Waals surface area contributed by atoms with Crippen LogP contribution in [0.15, 0.2) is 22.9 Å². The van der Waals surface area contributed by atoms with Crippen LogP contribution in [0.3, 0.4) is 0 Å². The van der Waals surface area contributed by atoms with Crippen molar-refractivity contribution in [2.75, 3.05) is 0 Å². The van der Waals surface area contributed by atoms with E-state index in [1.807, 2.05) is 12.1 Å². The van der Waals surface area contributed by atoms with Gasteiger partial charge in [-0.3, -0.25) is 0 Å². The molecule has 3 nitrogen and oxygen atoms in total. The van der Waals surface area contributed by atoms with E-state index in [0.29, 0.717) is 0 Å². The molecule has 1 aromatic rings. The third-order valence-corrected chi connectivity index (χ3v) is 3.39. The second-order valence-electron chi connectivity index (χ2n) is 4.32. The van der Waals surface area contributed by atoms with Gasteiger partial charge in [-0.15, -0.1) is 0 Å². The predicted molar refractivity (Wildman–Crippen MR) is 53.7 cm³/mol. The molecular weight excluding hydrogens is 176 g/mol. The molecule has 0 saturated carbocycles. The van der Waals surface area contributed by atoms with E-state index < -0.39 is 0 Å². The zero-order chi connectivity index (χ0) is 9.43. The van der Waals surface area contributed by atoms with Crippen LogP contribution in [0.5, 0.6) is 0 Å². The topological polar surface area (TPSA) is 38.1 Å². The molecule has 3 rings (SSSR count). The maximum absolute atomic E-state index is 5.03. The lowest BCUT2D eigenvalue weighted by Gasteiger charge is -2.20. The van der Waals surface area contributed by atoms with Gasteiger partial charge in [0.2, 0.25) is 0 Å². The minimum atomic E-state index is 0.261. The number of nitrogens with one attached hydrogen (secondary N) is 1. The van der Waals surface area contributed by atoms with Gasteiger partial charge in [-0.2, -0.15) is 0 Å². The SMILES string of the molecule is C(=C/C12CCC(CC1)N2)/c1ccno1. The van der Waals surface area contributed by atoms with Crippen LogP contribution in [0, 0.1) is 0 Å². The highest BCUT2D eigenvalue weighted by molar-refractivity contribution is 5.45. The minimum Gasteiger partial charge on any atom is -0.357 e. The highest BCUT2D eigenvalue weighted by atomic mass is 16.5. The van der Waals surface area contributed by atoms with E-state index in [1.54, 1.807) is 6.20 Å². The Morgan fingerprint density at radius 3 is 2.93 bits per heavy atom. The highest BCUT2D eigenvalue weighted by Crippen LogP contribution is 2.38. The first-order valence-electron chi connectivity index (χ1n) is 5.24. The fourth-order valence-corrected chi connectivity index (χ4v) is 2.60. The van der Waals surface area contributed by atoms with Crippen LogP contribution < -0.4 is 5.32 Å². The maximum atomic E-state index is 5.03. The Bertz CT molecular complexity index is 334. The van der Waals surface area contributed by atoms with Crippen molar-refractivity contribution in [1.29, 1.82) is 0 Å². The van der Waals surface area contributed by atoms with Crippen LogP contribution in [0.1, 0.15) is 31.4 Å². The molecule has 74 valence electrons. The predicted octanol–water partition coefficient (Wildman–Crippen LogP) is 1.97. The van der Waals surface area contributed by atoms with Crippen LogP contribution in [-0.4, -0.2) is 16.7 Å². The van der Waals surface area contributed by atoms with E-state index >= 15 is 0 Å². The van der Waals surface area contributed by atoms with Crippen molar-refractivity contribution in [2.45, 2.75) is 37.3 Å². The standard InChI is InChI=1S/C11H14N2O/c1-5-11(6-2-9(1)13-11)7-3-10-4-8-12-14-10/h3-4,7-9,13H,1-2,5-6H2/b7-3-. The molecule has 1 aromatic heterocycles. The van der Waals surface area contributed by atoms with E-state index in [2.05, 4.69) is 16.5 Å². The molecule has 0 spiro atoms. The lowest BCUT2D eigenvalue weighted by Crippen LogP contribution is -2.33. The van der Waals surface area contributed by atoms with Crippen LogP contribution in [-0.2, 0) is 0 Å². The van der Waals surface area contributed by atoms with Gasteiger partial charge in [-0.1, -0.05) is 11.2 Å². The molecule has 3 heteroatoms. The second kappa shape index (κ2) is 2.95. The average molecular weight is 190 g/mol. The van der Waals surface area contributed by atoms with Gasteiger partial charge in [0.15, 0.2) is 5.76 Å². The Kier molecular flexibility index (Phi) is 1.74. The third-order valence-electron chi connectivity index (χ3n) is 3.39. The molecule has 2 aliphatic rings. The molecule has 0 aliphatic carbocycles. The molecule has 2 fully saturated rings. The van der Waals surface area contributed by atoms with Crippen molar-refractivity contribution < 1.29 is 4.52 Å². The van der Waals surface area contributed by atoms with Crippen LogP contribution in [0.2, 0.25) is 0 Å². The van der Waals surface area contributed by atoms with E-state index in [9.17, 15) is 0 Å². The smallest absolute Gasteiger partial charge is 0.159 e. The normalized spacial score (nSPS) is 35.9. The molecule has 2 aliphatic heterocycles. The molecule has 0 atom stereocenters. The first kappa shape index (κ1) is 8.24. The number of nitrogens with zero attached hydrogens (tertiary/aromatic N) is 1. The molecule has 1 N–H and O–H groups in total. The first-order valence-corrected chi connectivity index (χ1v) is 5.24. The Balaban J connectivity index is 1.78. The van der Waals surface area contributed by atoms with E-state index in [1.165, 1.54) is 25.7 Å². The lowest BCUT2D eigenvalue weighted by atomic mass is 9.87. The van der Waals surface area contributed by atoms with Crippen molar-refractivity contribution in [2.24, 2.45) is 0 Å². The molecule has 0 unspecified atom stereocenters. The van der Waals surface area contributed by atoms with Crippen LogP contribution >= 0.6 is 0 Å². The number of hydrogen-bond donors (Lipinski definition) is 1. The van der Waals surface area contributed by atoms with Gasteiger partial charge in [0.1, 0.15) is 0 Å². The molecule has 0 amide bonds. The summed E-state index contributed by atoms with van der Waals surface area (Å²) in [5.74, 6) is 0.844. The summed E-state index contributed by atoms with van der Waals surface area (Å²) in [6.45, 7) is 0. The van der Waals surface area contributed by atoms with Gasteiger partial charge in [-0.05, 0) is 31.8 Å². The maximum Gasteiger partial charge on any atom is 0.159 e. The van der Waals surface area contributed by atoms with Crippen molar-refractivity contribution in [1.82, 2.24) is 10.5 Å². The highest BCUT2D eigenvalue weighted by Gasteiger charge is 2.42. The quantitative estimate of drug-likeness (QED) is 0.774. The van der Waals surface area contributed by atoms with E-state index in [0.717, 1.165) is 11.8 Å². The number of aromatic nitrogens is 1. The summed E-state index contributed by atoms with van der Waals surface area (Å²) in [6.07, 6.45) is 11.1. The number of hydrogen-bond acceptors (Lipinski definition) is 3. The monoisotopic (exact) mass is 190 g/mol. The summed E-state index contributed by atoms with van der Waals surface area (Å²) >= 11 is 0. The van der Waals surface area contributed by atoms with Crippen molar-refractivity contribution in [3.63, 3.8) is 0 Å². The van der Waals surface area contributed by atoms with Gasteiger partial charge in [0, 0.05) is 17.6 Å². The summed E-state index contributed by atoms with van der Waals surface area (Å²) < 4.78 is 5.03. The van der Waals surface area contributed by atoms with E-state index in [-0.39, 0.29) is 5.54 Å². The van der Waals surface area contributed by atoms with Crippen molar-refractivity contribution in [3.05, 3.63) is 24.1 Å². The lowest BCUT2D eigenvalue weighted by molar-refractivity contribution is 0.411. The van der Waals surface area contributed by atoms with E-state index in [4.69, 9.17) is 4.52 Å². The number of fused-ring (bicyclic) bond motifs is 2. The zero-order valence-electron chi connectivity index (χ0n) is 8.07. The summed E-state index contributed by atoms with van der Waals surface area (Å²) in [5, 5.41) is 7.33. The summed E-state index contributed by atoms with van der Waals surface area (Å²) in [6, 6.07) is 2.64. The van der Waals surface area contributed by atoms with Gasteiger partial charge in [-0.25, -0.2) is 0 Å².